The first-order valence-electron chi connectivity index (χ1n) is 7.19. The van der Waals surface area contributed by atoms with Crippen molar-refractivity contribution in [1.82, 2.24) is 10.6 Å². The van der Waals surface area contributed by atoms with E-state index in [1.807, 2.05) is 6.92 Å². The van der Waals surface area contributed by atoms with Crippen molar-refractivity contribution in [2.45, 2.75) is 13.3 Å². The van der Waals surface area contributed by atoms with E-state index in [9.17, 15) is 4.79 Å². The normalized spacial score (nSPS) is 16.9. The molecule has 1 amide bonds. The summed E-state index contributed by atoms with van der Waals surface area (Å²) in [6.07, 6.45) is 0.908. The van der Waals surface area contributed by atoms with Gasteiger partial charge in [-0.3, -0.25) is 4.79 Å². The lowest BCUT2D eigenvalue weighted by Crippen LogP contribution is -2.49. The molecule has 1 saturated heterocycles. The molecule has 1 aliphatic heterocycles. The van der Waals surface area contributed by atoms with Gasteiger partial charge >= 0.3 is 0 Å². The molecule has 4 heteroatoms. The van der Waals surface area contributed by atoms with Gasteiger partial charge in [-0.15, -0.1) is 11.3 Å². The van der Waals surface area contributed by atoms with Crippen molar-refractivity contribution in [1.29, 1.82) is 0 Å². The molecule has 2 heterocycles. The van der Waals surface area contributed by atoms with Gasteiger partial charge in [0.05, 0.1) is 0 Å². The van der Waals surface area contributed by atoms with Crippen molar-refractivity contribution >= 4 is 27.3 Å². The van der Waals surface area contributed by atoms with Crippen molar-refractivity contribution in [2.24, 2.45) is 11.8 Å². The van der Waals surface area contributed by atoms with E-state index in [0.717, 1.165) is 26.1 Å². The predicted octanol–water partition coefficient (Wildman–Crippen LogP) is 2.42. The number of amides is 1. The number of benzene rings is 1. The third-order valence-electron chi connectivity index (χ3n) is 4.19. The first kappa shape index (κ1) is 13.6. The maximum absolute atomic E-state index is 12.0. The zero-order valence-electron chi connectivity index (χ0n) is 11.7. The minimum Gasteiger partial charge on any atom is -0.356 e. The number of carbonyl (C=O) groups excluding carboxylic acids is 1. The second-order valence-corrected chi connectivity index (χ2v) is 6.42. The van der Waals surface area contributed by atoms with Crippen molar-refractivity contribution in [2.75, 3.05) is 19.6 Å². The molecule has 1 fully saturated rings. The summed E-state index contributed by atoms with van der Waals surface area (Å²) in [7, 11) is 0. The van der Waals surface area contributed by atoms with Crippen LogP contribution in [-0.4, -0.2) is 25.5 Å². The average Bonchev–Trinajstić information content (AvgIpc) is 2.80. The fraction of sp³-hybridized carbons (Fsp3) is 0.438. The van der Waals surface area contributed by atoms with E-state index >= 15 is 0 Å². The minimum atomic E-state index is 0.121. The Bertz CT molecular complexity index is 603. The zero-order chi connectivity index (χ0) is 13.9. The van der Waals surface area contributed by atoms with Gasteiger partial charge in [0, 0.05) is 17.2 Å². The van der Waals surface area contributed by atoms with Gasteiger partial charge < -0.3 is 10.6 Å². The molecule has 20 heavy (non-hydrogen) atoms. The van der Waals surface area contributed by atoms with Crippen LogP contribution in [0.2, 0.25) is 0 Å². The molecule has 1 aromatic heterocycles. The van der Waals surface area contributed by atoms with Gasteiger partial charge in [-0.05, 0) is 47.8 Å². The molecular weight excluding hydrogens is 268 g/mol. The molecule has 1 atom stereocenters. The smallest absolute Gasteiger partial charge is 0.223 e. The molecule has 2 aromatic rings. The first-order valence-corrected chi connectivity index (χ1v) is 8.07. The summed E-state index contributed by atoms with van der Waals surface area (Å²) in [6, 6.07) is 8.45. The molecule has 0 saturated carbocycles. The van der Waals surface area contributed by atoms with Gasteiger partial charge in [-0.25, -0.2) is 0 Å². The zero-order valence-corrected chi connectivity index (χ0v) is 12.5. The molecule has 1 aliphatic rings. The summed E-state index contributed by atoms with van der Waals surface area (Å²) in [5, 5.41) is 9.82. The molecule has 106 valence electrons. The van der Waals surface area contributed by atoms with Crippen LogP contribution in [0.1, 0.15) is 12.5 Å². The molecule has 1 aromatic carbocycles. The van der Waals surface area contributed by atoms with Gasteiger partial charge in [0.25, 0.3) is 0 Å². The average molecular weight is 288 g/mol. The predicted molar refractivity (Wildman–Crippen MR) is 84.1 cm³/mol. The van der Waals surface area contributed by atoms with Gasteiger partial charge in [-0.2, -0.15) is 0 Å². The summed E-state index contributed by atoms with van der Waals surface area (Å²) in [5.74, 6) is 0.823. The van der Waals surface area contributed by atoms with Crippen LogP contribution in [0.5, 0.6) is 0 Å². The van der Waals surface area contributed by atoms with Crippen LogP contribution in [0.3, 0.4) is 0 Å². The van der Waals surface area contributed by atoms with Crippen LogP contribution in [0.15, 0.2) is 29.6 Å². The lowest BCUT2D eigenvalue weighted by atomic mass is 9.88. The Labute approximate surface area is 123 Å². The summed E-state index contributed by atoms with van der Waals surface area (Å²) in [4.78, 5) is 12.0. The lowest BCUT2D eigenvalue weighted by molar-refractivity contribution is -0.126. The van der Waals surface area contributed by atoms with E-state index in [-0.39, 0.29) is 11.8 Å². The van der Waals surface area contributed by atoms with Crippen LogP contribution in [0.4, 0.5) is 0 Å². The summed E-state index contributed by atoms with van der Waals surface area (Å²) >= 11 is 1.78. The highest BCUT2D eigenvalue weighted by Crippen LogP contribution is 2.25. The molecule has 0 radical (unpaired) electrons. The topological polar surface area (TPSA) is 41.1 Å². The van der Waals surface area contributed by atoms with Gasteiger partial charge in [0.15, 0.2) is 0 Å². The molecule has 0 aliphatic carbocycles. The van der Waals surface area contributed by atoms with Crippen LogP contribution >= 0.6 is 11.3 Å². The highest BCUT2D eigenvalue weighted by Gasteiger charge is 2.28. The Kier molecular flexibility index (Phi) is 4.03. The SMILES string of the molecule is CC(C(=O)NCCc1csc2ccccc12)C1CNC1. The number of carbonyl (C=O) groups is 1. The molecule has 3 rings (SSSR count). The summed E-state index contributed by atoms with van der Waals surface area (Å²) in [6.45, 7) is 4.71. The van der Waals surface area contributed by atoms with E-state index < -0.39 is 0 Å². The molecule has 0 bridgehead atoms. The van der Waals surface area contributed by atoms with Crippen molar-refractivity contribution < 1.29 is 4.79 Å². The standard InChI is InChI=1S/C16H20N2OS/c1-11(13-8-17-9-13)16(19)18-7-6-12-10-20-15-5-3-2-4-14(12)15/h2-5,10-11,13,17H,6-9H2,1H3,(H,18,19). The highest BCUT2D eigenvalue weighted by molar-refractivity contribution is 7.17. The Morgan fingerprint density at radius 3 is 3.00 bits per heavy atom. The Hall–Kier alpha value is -1.39. The van der Waals surface area contributed by atoms with E-state index in [4.69, 9.17) is 0 Å². The van der Waals surface area contributed by atoms with E-state index in [1.54, 1.807) is 11.3 Å². The lowest BCUT2D eigenvalue weighted by Gasteiger charge is -2.31. The third kappa shape index (κ3) is 2.72. The number of nitrogens with one attached hydrogen (secondary N) is 2. The molecule has 1 unspecified atom stereocenters. The largest absolute Gasteiger partial charge is 0.356 e. The number of hydrogen-bond donors (Lipinski definition) is 2. The molecule has 3 nitrogen and oxygen atoms in total. The van der Waals surface area contributed by atoms with Crippen molar-refractivity contribution in [3.63, 3.8) is 0 Å². The quantitative estimate of drug-likeness (QED) is 0.887. The van der Waals surface area contributed by atoms with Crippen molar-refractivity contribution in [3.8, 4) is 0 Å². The minimum absolute atomic E-state index is 0.121. The summed E-state index contributed by atoms with van der Waals surface area (Å²) in [5.41, 5.74) is 1.34. The Morgan fingerprint density at radius 1 is 1.45 bits per heavy atom. The van der Waals surface area contributed by atoms with E-state index in [1.165, 1.54) is 15.6 Å². The number of fused-ring (bicyclic) bond motifs is 1. The second-order valence-electron chi connectivity index (χ2n) is 5.51. The van der Waals surface area contributed by atoms with Crippen LogP contribution < -0.4 is 10.6 Å². The molecule has 0 spiro atoms. The maximum atomic E-state index is 12.0. The van der Waals surface area contributed by atoms with Crippen LogP contribution in [-0.2, 0) is 11.2 Å². The first-order chi connectivity index (χ1) is 9.75. The number of thiophene rings is 1. The second kappa shape index (κ2) is 5.94. The van der Waals surface area contributed by atoms with E-state index in [2.05, 4.69) is 40.3 Å². The van der Waals surface area contributed by atoms with Crippen molar-refractivity contribution in [3.05, 3.63) is 35.2 Å². The van der Waals surface area contributed by atoms with Crippen LogP contribution in [0.25, 0.3) is 10.1 Å². The van der Waals surface area contributed by atoms with Gasteiger partial charge in [0.1, 0.15) is 0 Å². The number of rotatable bonds is 5. The maximum Gasteiger partial charge on any atom is 0.223 e. The van der Waals surface area contributed by atoms with Gasteiger partial charge in [-0.1, -0.05) is 25.1 Å². The Balaban J connectivity index is 1.53. The van der Waals surface area contributed by atoms with Gasteiger partial charge in [0.2, 0.25) is 5.91 Å². The fourth-order valence-electron chi connectivity index (χ4n) is 2.59. The highest BCUT2D eigenvalue weighted by atomic mass is 32.1. The molecule has 2 N–H and O–H groups in total. The fourth-order valence-corrected chi connectivity index (χ4v) is 3.58. The van der Waals surface area contributed by atoms with E-state index in [0.29, 0.717) is 5.92 Å². The van der Waals surface area contributed by atoms with Crippen LogP contribution in [0, 0.1) is 11.8 Å². The summed E-state index contributed by atoms with van der Waals surface area (Å²) < 4.78 is 1.32. The monoisotopic (exact) mass is 288 g/mol. The third-order valence-corrected chi connectivity index (χ3v) is 5.20. The molecular formula is C16H20N2OS. The Morgan fingerprint density at radius 2 is 2.25 bits per heavy atom. The number of hydrogen-bond acceptors (Lipinski definition) is 3.